The zero-order chi connectivity index (χ0) is 24.2. The molecule has 3 aromatic carbocycles. The fraction of sp³-hybridized carbons (Fsp3) is 0.222. The Labute approximate surface area is 207 Å². The van der Waals surface area contributed by atoms with E-state index in [1.54, 1.807) is 42.2 Å². The minimum absolute atomic E-state index is 0.354. The van der Waals surface area contributed by atoms with Gasteiger partial charge in [-0.2, -0.15) is 0 Å². The molecule has 1 aromatic heterocycles. The smallest absolute Gasteiger partial charge is 0.338 e. The lowest BCUT2D eigenvalue weighted by atomic mass is 10.0. The second kappa shape index (κ2) is 10.4. The van der Waals surface area contributed by atoms with Crippen molar-refractivity contribution >= 4 is 50.9 Å². The third kappa shape index (κ3) is 5.66. The van der Waals surface area contributed by atoms with Crippen LogP contribution >= 0.6 is 23.1 Å². The number of hydrogen-bond acceptors (Lipinski definition) is 6. The molecule has 7 heteroatoms. The first-order chi connectivity index (χ1) is 16.3. The summed E-state index contributed by atoms with van der Waals surface area (Å²) in [7, 11) is 0. The second-order valence-corrected chi connectivity index (χ2v) is 10.5. The zero-order valence-corrected chi connectivity index (χ0v) is 21.2. The van der Waals surface area contributed by atoms with Crippen LogP contribution in [0.5, 0.6) is 0 Å². The number of carbonyl (C=O) groups excluding carboxylic acids is 2. The molecule has 1 atom stereocenters. The van der Waals surface area contributed by atoms with E-state index in [0.717, 1.165) is 43.6 Å². The van der Waals surface area contributed by atoms with E-state index in [0.29, 0.717) is 5.56 Å². The number of rotatable bonds is 7. The summed E-state index contributed by atoms with van der Waals surface area (Å²) in [4.78, 5) is 29.8. The maximum Gasteiger partial charge on any atom is 0.338 e. The van der Waals surface area contributed by atoms with Crippen LogP contribution in [-0.2, 0) is 15.3 Å². The summed E-state index contributed by atoms with van der Waals surface area (Å²) < 4.78 is 7.60. The number of amides is 1. The summed E-state index contributed by atoms with van der Waals surface area (Å²) in [6.45, 7) is 7.49. The molecule has 34 heavy (non-hydrogen) atoms. The molecular formula is C27H26N2O3S2. The van der Waals surface area contributed by atoms with Gasteiger partial charge in [0.2, 0.25) is 0 Å². The Kier molecular flexibility index (Phi) is 7.34. The van der Waals surface area contributed by atoms with E-state index in [2.05, 4.69) is 16.4 Å². The molecule has 4 rings (SSSR count). The highest BCUT2D eigenvalue weighted by molar-refractivity contribution is 8.00. The maximum absolute atomic E-state index is 12.6. The quantitative estimate of drug-likeness (QED) is 0.231. The van der Waals surface area contributed by atoms with Gasteiger partial charge in [-0.15, -0.1) is 11.3 Å². The Morgan fingerprint density at radius 2 is 1.71 bits per heavy atom. The number of nitrogens with zero attached hydrogens (tertiary/aromatic N) is 1. The molecule has 0 fully saturated rings. The normalized spacial score (nSPS) is 11.9. The van der Waals surface area contributed by atoms with Gasteiger partial charge in [-0.05, 0) is 68.7 Å². The third-order valence-corrected chi connectivity index (χ3v) is 7.65. The maximum atomic E-state index is 12.6. The van der Waals surface area contributed by atoms with E-state index in [4.69, 9.17) is 4.74 Å². The van der Waals surface area contributed by atoms with Crippen molar-refractivity contribution in [3.05, 3.63) is 88.5 Å². The molecule has 0 aliphatic rings. The van der Waals surface area contributed by atoms with E-state index < -0.39 is 12.1 Å². The van der Waals surface area contributed by atoms with E-state index in [-0.39, 0.29) is 5.91 Å². The number of anilines is 1. The van der Waals surface area contributed by atoms with Crippen molar-refractivity contribution in [1.82, 2.24) is 4.98 Å². The topological polar surface area (TPSA) is 68.3 Å². The molecule has 0 radical (unpaired) electrons. The van der Waals surface area contributed by atoms with Crippen LogP contribution in [0.2, 0.25) is 0 Å². The zero-order valence-electron chi connectivity index (χ0n) is 19.5. The summed E-state index contributed by atoms with van der Waals surface area (Å²) >= 11 is 3.35. The number of carbonyl (C=O) groups is 2. The van der Waals surface area contributed by atoms with Gasteiger partial charge < -0.3 is 10.1 Å². The Balaban J connectivity index is 1.32. The first-order valence-electron chi connectivity index (χ1n) is 11.0. The van der Waals surface area contributed by atoms with Crippen molar-refractivity contribution in [1.29, 1.82) is 0 Å². The lowest BCUT2D eigenvalue weighted by Crippen LogP contribution is -2.30. The van der Waals surface area contributed by atoms with E-state index in [9.17, 15) is 9.59 Å². The third-order valence-electron chi connectivity index (χ3n) is 5.40. The number of thioether (sulfide) groups is 1. The minimum Gasteiger partial charge on any atom is -0.449 e. The molecule has 0 aliphatic heterocycles. The molecule has 0 saturated heterocycles. The van der Waals surface area contributed by atoms with Gasteiger partial charge in [-0.3, -0.25) is 4.79 Å². The highest BCUT2D eigenvalue weighted by atomic mass is 32.2. The molecule has 4 aromatic rings. The summed E-state index contributed by atoms with van der Waals surface area (Å²) in [6.07, 6.45) is -0.915. The van der Waals surface area contributed by atoms with Gasteiger partial charge in [0.1, 0.15) is 0 Å². The van der Waals surface area contributed by atoms with Gasteiger partial charge in [-0.1, -0.05) is 53.7 Å². The van der Waals surface area contributed by atoms with Gasteiger partial charge in [0.15, 0.2) is 10.4 Å². The molecule has 5 nitrogen and oxygen atoms in total. The average molecular weight is 491 g/mol. The molecule has 0 spiro atoms. The van der Waals surface area contributed by atoms with Crippen LogP contribution in [0.15, 0.2) is 65.0 Å². The number of fused-ring (bicyclic) bond motifs is 1. The highest BCUT2D eigenvalue weighted by Crippen LogP contribution is 2.31. The Hall–Kier alpha value is -3.16. The molecule has 0 bridgehead atoms. The largest absolute Gasteiger partial charge is 0.449 e. The van der Waals surface area contributed by atoms with E-state index >= 15 is 0 Å². The Bertz CT molecular complexity index is 1290. The van der Waals surface area contributed by atoms with Crippen LogP contribution < -0.4 is 5.32 Å². The lowest BCUT2D eigenvalue weighted by Gasteiger charge is -2.17. The number of aromatic nitrogens is 1. The van der Waals surface area contributed by atoms with E-state index in [1.165, 1.54) is 4.70 Å². The summed E-state index contributed by atoms with van der Waals surface area (Å²) in [5.74, 6) is -0.124. The predicted octanol–water partition coefficient (Wildman–Crippen LogP) is 6.70. The number of thiazole rings is 1. The number of nitrogens with one attached hydrogen (secondary N) is 1. The Morgan fingerprint density at radius 3 is 2.38 bits per heavy atom. The Morgan fingerprint density at radius 1 is 1.03 bits per heavy atom. The molecule has 0 saturated carbocycles. The fourth-order valence-electron chi connectivity index (χ4n) is 3.68. The first kappa shape index (κ1) is 24.0. The first-order valence-corrected chi connectivity index (χ1v) is 12.8. The number of para-hydroxylation sites is 1. The SMILES string of the molecule is Cc1cc(C)c(NC(=O)C(C)OC(=O)c2ccc(CSc3nc4ccccc4s3)cc2)c(C)c1. The lowest BCUT2D eigenvalue weighted by molar-refractivity contribution is -0.123. The van der Waals surface area contributed by atoms with Crippen LogP contribution in [0.3, 0.4) is 0 Å². The van der Waals surface area contributed by atoms with Gasteiger partial charge in [0.25, 0.3) is 5.91 Å². The van der Waals surface area contributed by atoms with Gasteiger partial charge in [0.05, 0.1) is 15.8 Å². The van der Waals surface area contributed by atoms with Crippen molar-refractivity contribution in [3.63, 3.8) is 0 Å². The number of esters is 1. The molecule has 174 valence electrons. The predicted molar refractivity (Wildman–Crippen MR) is 140 cm³/mol. The minimum atomic E-state index is -0.915. The van der Waals surface area contributed by atoms with Gasteiger partial charge >= 0.3 is 5.97 Å². The van der Waals surface area contributed by atoms with Crippen LogP contribution in [-0.4, -0.2) is 23.0 Å². The number of benzene rings is 3. The fourth-order valence-corrected chi connectivity index (χ4v) is 5.70. The van der Waals surface area contributed by atoms with Crippen molar-refractivity contribution in [2.45, 2.75) is 43.9 Å². The molecular weight excluding hydrogens is 464 g/mol. The van der Waals surface area contributed by atoms with Crippen molar-refractivity contribution in [3.8, 4) is 0 Å². The second-order valence-electron chi connectivity index (χ2n) is 8.24. The van der Waals surface area contributed by atoms with Crippen LogP contribution in [0.1, 0.15) is 39.5 Å². The molecule has 1 N–H and O–H groups in total. The molecule has 1 amide bonds. The van der Waals surface area contributed by atoms with Gasteiger partial charge in [0, 0.05) is 11.4 Å². The number of aryl methyl sites for hydroxylation is 3. The molecule has 1 heterocycles. The summed E-state index contributed by atoms with van der Waals surface area (Å²) in [5, 5.41) is 2.89. The van der Waals surface area contributed by atoms with Gasteiger partial charge in [-0.25, -0.2) is 9.78 Å². The molecule has 1 unspecified atom stereocenters. The highest BCUT2D eigenvalue weighted by Gasteiger charge is 2.20. The monoisotopic (exact) mass is 490 g/mol. The van der Waals surface area contributed by atoms with Crippen LogP contribution in [0.25, 0.3) is 10.2 Å². The standard InChI is InChI=1S/C27H26N2O3S2/c1-16-13-17(2)24(18(3)14-16)29-25(30)19(4)32-26(31)21-11-9-20(10-12-21)15-33-27-28-22-7-5-6-8-23(22)34-27/h5-14,19H,15H2,1-4H3,(H,29,30). The van der Waals surface area contributed by atoms with E-state index in [1.807, 2.05) is 63.2 Å². The summed E-state index contributed by atoms with van der Waals surface area (Å²) in [5.41, 5.74) is 6.35. The average Bonchev–Trinajstić information content (AvgIpc) is 3.23. The van der Waals surface area contributed by atoms with Crippen molar-refractivity contribution in [2.24, 2.45) is 0 Å². The number of hydrogen-bond donors (Lipinski definition) is 1. The van der Waals surface area contributed by atoms with Crippen molar-refractivity contribution in [2.75, 3.05) is 5.32 Å². The summed E-state index contributed by atoms with van der Waals surface area (Å²) in [6, 6.07) is 19.4. The molecule has 0 aliphatic carbocycles. The van der Waals surface area contributed by atoms with Crippen LogP contribution in [0, 0.1) is 20.8 Å². The van der Waals surface area contributed by atoms with Crippen LogP contribution in [0.4, 0.5) is 5.69 Å². The number of ether oxygens (including phenoxy) is 1. The van der Waals surface area contributed by atoms with Crippen molar-refractivity contribution < 1.29 is 14.3 Å².